The number of imide groups is 1. The van der Waals surface area contributed by atoms with E-state index in [-0.39, 0.29) is 4.91 Å². The maximum atomic E-state index is 12.3. The Morgan fingerprint density at radius 1 is 0.966 bits per heavy atom. The molecule has 1 heterocycles. The maximum Gasteiger partial charge on any atom is 0.325 e. The smallest absolute Gasteiger partial charge is 0.325 e. The van der Waals surface area contributed by atoms with Crippen molar-refractivity contribution < 1.29 is 28.6 Å². The van der Waals surface area contributed by atoms with Gasteiger partial charge in [-0.3, -0.25) is 19.3 Å². The number of esters is 1. The first kappa shape index (κ1) is 20.5. The molecule has 29 heavy (non-hydrogen) atoms. The fourth-order valence-electron chi connectivity index (χ4n) is 2.48. The van der Waals surface area contributed by atoms with E-state index in [0.29, 0.717) is 19.0 Å². The minimum atomic E-state index is -0.647. The number of para-hydroxylation sites is 1. The van der Waals surface area contributed by atoms with Gasteiger partial charge in [-0.1, -0.05) is 30.3 Å². The summed E-state index contributed by atoms with van der Waals surface area (Å²) in [7, 11) is 1.20. The van der Waals surface area contributed by atoms with Gasteiger partial charge in [0.15, 0.2) is 0 Å². The Morgan fingerprint density at radius 2 is 1.59 bits per heavy atom. The van der Waals surface area contributed by atoms with Gasteiger partial charge in [-0.2, -0.15) is 0 Å². The van der Waals surface area contributed by atoms with Crippen LogP contribution >= 0.6 is 11.8 Å². The monoisotopic (exact) mass is 413 g/mol. The molecule has 2 aromatic carbocycles. The molecule has 0 bridgehead atoms. The zero-order valence-corrected chi connectivity index (χ0v) is 16.5. The molecule has 2 aromatic rings. The van der Waals surface area contributed by atoms with Gasteiger partial charge in [0.05, 0.1) is 12.0 Å². The quantitative estimate of drug-likeness (QED) is 0.373. The van der Waals surface area contributed by atoms with Crippen molar-refractivity contribution in [1.82, 2.24) is 4.90 Å². The van der Waals surface area contributed by atoms with Gasteiger partial charge in [-0.05, 0) is 47.7 Å². The second-order valence-corrected chi connectivity index (χ2v) is 6.92. The molecule has 0 spiro atoms. The van der Waals surface area contributed by atoms with E-state index in [0.717, 1.165) is 28.0 Å². The molecule has 1 aliphatic rings. The highest BCUT2D eigenvalue weighted by Gasteiger charge is 2.36. The van der Waals surface area contributed by atoms with E-state index in [1.54, 1.807) is 30.3 Å². The van der Waals surface area contributed by atoms with Crippen LogP contribution in [0, 0.1) is 0 Å². The molecular formula is C21H19NO6S. The molecular weight excluding hydrogens is 394 g/mol. The zero-order valence-electron chi connectivity index (χ0n) is 15.7. The molecule has 0 unspecified atom stereocenters. The van der Waals surface area contributed by atoms with E-state index < -0.39 is 23.7 Å². The summed E-state index contributed by atoms with van der Waals surface area (Å²) in [5.41, 5.74) is 0.737. The first-order chi connectivity index (χ1) is 14.1. The topological polar surface area (TPSA) is 82.1 Å². The maximum absolute atomic E-state index is 12.3. The van der Waals surface area contributed by atoms with Crippen molar-refractivity contribution in [1.29, 1.82) is 0 Å². The van der Waals surface area contributed by atoms with Crippen molar-refractivity contribution in [2.75, 3.05) is 26.9 Å². The standard InChI is InChI=1S/C21H19NO6S/c1-26-19(23)14-22-20(24)18(29-21(22)25)13-15-7-9-17(10-8-15)28-12-11-27-16-5-3-2-4-6-16/h2-10,13H,11-12,14H2,1H3/b18-13-. The third kappa shape index (κ3) is 5.61. The molecule has 1 fully saturated rings. The minimum Gasteiger partial charge on any atom is -0.490 e. The van der Waals surface area contributed by atoms with Gasteiger partial charge < -0.3 is 14.2 Å². The van der Waals surface area contributed by atoms with E-state index >= 15 is 0 Å². The number of hydrogen-bond acceptors (Lipinski definition) is 7. The first-order valence-corrected chi connectivity index (χ1v) is 9.61. The second-order valence-electron chi connectivity index (χ2n) is 5.92. The minimum absolute atomic E-state index is 0.254. The van der Waals surface area contributed by atoms with Gasteiger partial charge in [0.25, 0.3) is 11.1 Å². The normalized spacial score (nSPS) is 14.9. The van der Waals surface area contributed by atoms with Crippen molar-refractivity contribution in [2.24, 2.45) is 0 Å². The first-order valence-electron chi connectivity index (χ1n) is 8.79. The Labute approximate surface area is 172 Å². The zero-order chi connectivity index (χ0) is 20.6. The predicted octanol–water partition coefficient (Wildman–Crippen LogP) is 3.35. The molecule has 0 aromatic heterocycles. The highest BCUT2D eigenvalue weighted by atomic mass is 32.2. The van der Waals surface area contributed by atoms with Crippen LogP contribution in [0.5, 0.6) is 11.5 Å². The lowest BCUT2D eigenvalue weighted by Crippen LogP contribution is -2.34. The highest BCUT2D eigenvalue weighted by Crippen LogP contribution is 2.32. The van der Waals surface area contributed by atoms with Crippen LogP contribution in [0.1, 0.15) is 5.56 Å². The van der Waals surface area contributed by atoms with Crippen LogP contribution in [0.3, 0.4) is 0 Å². The lowest BCUT2D eigenvalue weighted by atomic mass is 10.2. The molecule has 1 aliphatic heterocycles. The fraction of sp³-hybridized carbons (Fsp3) is 0.190. The van der Waals surface area contributed by atoms with Crippen LogP contribution in [-0.2, 0) is 14.3 Å². The van der Waals surface area contributed by atoms with Crippen molar-refractivity contribution >= 4 is 35.0 Å². The number of thioether (sulfide) groups is 1. The van der Waals surface area contributed by atoms with Gasteiger partial charge in [-0.15, -0.1) is 0 Å². The van der Waals surface area contributed by atoms with Crippen molar-refractivity contribution in [3.63, 3.8) is 0 Å². The second kappa shape index (κ2) is 9.79. The average Bonchev–Trinajstić information content (AvgIpc) is 3.00. The van der Waals surface area contributed by atoms with Crippen LogP contribution in [0.25, 0.3) is 6.08 Å². The summed E-state index contributed by atoms with van der Waals surface area (Å²) in [6.07, 6.45) is 1.60. The molecule has 8 heteroatoms. The number of rotatable bonds is 8. The number of carbonyl (C=O) groups excluding carboxylic acids is 3. The van der Waals surface area contributed by atoms with Crippen molar-refractivity contribution in [3.05, 3.63) is 65.1 Å². The Morgan fingerprint density at radius 3 is 2.21 bits per heavy atom. The van der Waals surface area contributed by atoms with Crippen LogP contribution in [0.4, 0.5) is 4.79 Å². The van der Waals surface area contributed by atoms with E-state index in [4.69, 9.17) is 9.47 Å². The summed E-state index contributed by atoms with van der Waals surface area (Å²) in [5.74, 6) is 0.292. The Bertz CT molecular complexity index is 911. The number of carbonyl (C=O) groups is 3. The van der Waals surface area contributed by atoms with Crippen LogP contribution < -0.4 is 9.47 Å². The van der Waals surface area contributed by atoms with Gasteiger partial charge in [-0.25, -0.2) is 0 Å². The molecule has 2 amide bonds. The number of hydrogen-bond donors (Lipinski definition) is 0. The van der Waals surface area contributed by atoms with E-state index in [1.807, 2.05) is 30.3 Å². The Balaban J connectivity index is 1.52. The molecule has 7 nitrogen and oxygen atoms in total. The molecule has 1 saturated heterocycles. The van der Waals surface area contributed by atoms with Gasteiger partial charge in [0.2, 0.25) is 0 Å². The average molecular weight is 413 g/mol. The number of amides is 2. The summed E-state index contributed by atoms with van der Waals surface area (Å²) in [6.45, 7) is 0.413. The van der Waals surface area contributed by atoms with E-state index in [1.165, 1.54) is 7.11 Å². The Hall–Kier alpha value is -3.26. The third-order valence-electron chi connectivity index (χ3n) is 3.93. The van der Waals surface area contributed by atoms with Gasteiger partial charge in [0.1, 0.15) is 31.3 Å². The predicted molar refractivity (Wildman–Crippen MR) is 109 cm³/mol. The van der Waals surface area contributed by atoms with Crippen molar-refractivity contribution in [3.8, 4) is 11.5 Å². The molecule has 0 aliphatic carbocycles. The fourth-order valence-corrected chi connectivity index (χ4v) is 3.32. The largest absolute Gasteiger partial charge is 0.490 e. The summed E-state index contributed by atoms with van der Waals surface area (Å²) in [5, 5.41) is -0.495. The highest BCUT2D eigenvalue weighted by molar-refractivity contribution is 8.18. The molecule has 0 saturated carbocycles. The summed E-state index contributed by atoms with van der Waals surface area (Å²) in [6, 6.07) is 16.6. The lowest BCUT2D eigenvalue weighted by molar-refractivity contribution is -0.143. The number of ether oxygens (including phenoxy) is 3. The molecule has 0 N–H and O–H groups in total. The number of benzene rings is 2. The molecule has 0 radical (unpaired) electrons. The SMILES string of the molecule is COC(=O)CN1C(=O)S/C(=C\c2ccc(OCCOc3ccccc3)cc2)C1=O. The van der Waals surface area contributed by atoms with E-state index in [9.17, 15) is 14.4 Å². The number of methoxy groups -OCH3 is 1. The summed E-state index contributed by atoms with van der Waals surface area (Å²) in [4.78, 5) is 36.7. The molecule has 3 rings (SSSR count). The summed E-state index contributed by atoms with van der Waals surface area (Å²) >= 11 is 0.791. The van der Waals surface area contributed by atoms with Gasteiger partial charge in [0, 0.05) is 0 Å². The van der Waals surface area contributed by atoms with Crippen LogP contribution in [0.15, 0.2) is 59.5 Å². The third-order valence-corrected chi connectivity index (χ3v) is 4.84. The Kier molecular flexibility index (Phi) is 6.91. The lowest BCUT2D eigenvalue weighted by Gasteiger charge is -2.09. The molecule has 150 valence electrons. The van der Waals surface area contributed by atoms with E-state index in [2.05, 4.69) is 4.74 Å². The number of nitrogens with zero attached hydrogens (tertiary/aromatic N) is 1. The molecule has 0 atom stereocenters. The van der Waals surface area contributed by atoms with Gasteiger partial charge >= 0.3 is 5.97 Å². The van der Waals surface area contributed by atoms with Crippen LogP contribution in [-0.4, -0.2) is 48.9 Å². The van der Waals surface area contributed by atoms with Crippen molar-refractivity contribution in [2.45, 2.75) is 0 Å². The summed E-state index contributed by atoms with van der Waals surface area (Å²) < 4.78 is 15.7. The van der Waals surface area contributed by atoms with Crippen LogP contribution in [0.2, 0.25) is 0 Å².